The highest BCUT2D eigenvalue weighted by Gasteiger charge is 2.37. The number of carbonyl (C=O) groups is 1. The van der Waals surface area contributed by atoms with Gasteiger partial charge in [0, 0.05) is 30.0 Å². The summed E-state index contributed by atoms with van der Waals surface area (Å²) in [7, 11) is 0. The summed E-state index contributed by atoms with van der Waals surface area (Å²) in [6, 6.07) is 10.8. The molecule has 0 bridgehead atoms. The van der Waals surface area contributed by atoms with Gasteiger partial charge >= 0.3 is 0 Å². The second-order valence-electron chi connectivity index (χ2n) is 7.16. The Bertz CT molecular complexity index is 701. The van der Waals surface area contributed by atoms with E-state index in [2.05, 4.69) is 33.1 Å². The van der Waals surface area contributed by atoms with Crippen molar-refractivity contribution in [3.63, 3.8) is 0 Å². The van der Waals surface area contributed by atoms with Gasteiger partial charge in [-0.3, -0.25) is 4.79 Å². The first-order valence-corrected chi connectivity index (χ1v) is 10.2. The summed E-state index contributed by atoms with van der Waals surface area (Å²) in [4.78, 5) is 17.1. The van der Waals surface area contributed by atoms with E-state index in [4.69, 9.17) is 0 Å². The molecule has 25 heavy (non-hydrogen) atoms. The Morgan fingerprint density at radius 2 is 2.08 bits per heavy atom. The largest absolute Gasteiger partial charge is 0.354 e. The summed E-state index contributed by atoms with van der Waals surface area (Å²) in [6.45, 7) is 0.657. The van der Waals surface area contributed by atoms with Gasteiger partial charge in [-0.1, -0.05) is 43.2 Å². The van der Waals surface area contributed by atoms with E-state index in [1.165, 1.54) is 25.7 Å². The number of nitrogens with one attached hydrogen (secondary N) is 2. The minimum Gasteiger partial charge on any atom is -0.354 e. The molecule has 1 aliphatic heterocycles. The number of carbonyl (C=O) groups excluding carboxylic acids is 1. The van der Waals surface area contributed by atoms with Crippen molar-refractivity contribution >= 4 is 17.2 Å². The Morgan fingerprint density at radius 3 is 2.92 bits per heavy atom. The molecule has 3 unspecified atom stereocenters. The molecule has 2 N–H and O–H groups in total. The Kier molecular flexibility index (Phi) is 5.13. The van der Waals surface area contributed by atoms with E-state index >= 15 is 0 Å². The molecule has 5 heteroatoms. The lowest BCUT2D eigenvalue weighted by Crippen LogP contribution is -2.43. The number of nitrogens with zero attached hydrogens (tertiary/aromatic N) is 1. The molecule has 1 aliphatic carbocycles. The molecule has 1 aromatic heterocycles. The minimum absolute atomic E-state index is 0.00316. The van der Waals surface area contributed by atoms with Crippen LogP contribution in [0.2, 0.25) is 0 Å². The molecule has 4 nitrogen and oxygen atoms in total. The van der Waals surface area contributed by atoms with Gasteiger partial charge in [0.15, 0.2) is 0 Å². The zero-order valence-corrected chi connectivity index (χ0v) is 15.2. The first kappa shape index (κ1) is 16.7. The number of aromatic nitrogens is 1. The van der Waals surface area contributed by atoms with E-state index in [1.54, 1.807) is 11.3 Å². The summed E-state index contributed by atoms with van der Waals surface area (Å²) in [6.07, 6.45) is 6.93. The topological polar surface area (TPSA) is 54.0 Å². The van der Waals surface area contributed by atoms with Gasteiger partial charge in [0.05, 0.1) is 11.7 Å². The Labute approximate surface area is 153 Å². The second kappa shape index (κ2) is 7.67. The van der Waals surface area contributed by atoms with Crippen molar-refractivity contribution in [3.05, 3.63) is 41.4 Å². The number of hydrogen-bond acceptors (Lipinski definition) is 4. The summed E-state index contributed by atoms with van der Waals surface area (Å²) >= 11 is 1.66. The maximum atomic E-state index is 12.4. The van der Waals surface area contributed by atoms with E-state index in [9.17, 15) is 4.79 Å². The lowest BCUT2D eigenvalue weighted by atomic mass is 9.85. The fourth-order valence-corrected chi connectivity index (χ4v) is 4.95. The van der Waals surface area contributed by atoms with Crippen LogP contribution < -0.4 is 10.6 Å². The van der Waals surface area contributed by atoms with Crippen LogP contribution in [0.25, 0.3) is 10.6 Å². The van der Waals surface area contributed by atoms with Crippen molar-refractivity contribution in [1.82, 2.24) is 15.6 Å². The molecule has 2 heterocycles. The van der Waals surface area contributed by atoms with E-state index in [0.717, 1.165) is 29.1 Å². The van der Waals surface area contributed by atoms with Gasteiger partial charge in [-0.25, -0.2) is 4.98 Å². The lowest BCUT2D eigenvalue weighted by molar-refractivity contribution is -0.122. The summed E-state index contributed by atoms with van der Waals surface area (Å²) in [5, 5.41) is 9.78. The van der Waals surface area contributed by atoms with E-state index in [0.29, 0.717) is 18.5 Å². The zero-order chi connectivity index (χ0) is 17.1. The van der Waals surface area contributed by atoms with Crippen LogP contribution in [0.4, 0.5) is 0 Å². The average molecular weight is 356 g/mol. The second-order valence-corrected chi connectivity index (χ2v) is 8.02. The molecule has 1 amide bonds. The van der Waals surface area contributed by atoms with Crippen molar-refractivity contribution in [2.75, 3.05) is 6.54 Å². The number of thiazole rings is 1. The van der Waals surface area contributed by atoms with Gasteiger partial charge in [-0.05, 0) is 25.2 Å². The maximum absolute atomic E-state index is 12.4. The third kappa shape index (κ3) is 3.93. The highest BCUT2D eigenvalue weighted by molar-refractivity contribution is 7.13. The summed E-state index contributed by atoms with van der Waals surface area (Å²) in [5.41, 5.74) is 2.21. The quantitative estimate of drug-likeness (QED) is 0.864. The SMILES string of the molecule is O=C(NCCc1csc(-c2ccccc2)n1)C1CC2CCCCC2N1. The van der Waals surface area contributed by atoms with Gasteiger partial charge in [0.2, 0.25) is 5.91 Å². The standard InChI is InChI=1S/C20H25N3OS/c24-19(18-12-15-8-4-5-9-17(15)23-18)21-11-10-16-13-25-20(22-16)14-6-2-1-3-7-14/h1-3,6-7,13,15,17-18,23H,4-5,8-12H2,(H,21,24). The van der Waals surface area contributed by atoms with Crippen LogP contribution in [-0.4, -0.2) is 29.5 Å². The van der Waals surface area contributed by atoms with Crippen molar-refractivity contribution in [2.45, 2.75) is 50.6 Å². The summed E-state index contributed by atoms with van der Waals surface area (Å²) in [5.74, 6) is 0.865. The molecule has 1 saturated carbocycles. The van der Waals surface area contributed by atoms with Gasteiger partial charge < -0.3 is 10.6 Å². The fraction of sp³-hybridized carbons (Fsp3) is 0.500. The van der Waals surface area contributed by atoms with Gasteiger partial charge in [-0.2, -0.15) is 0 Å². The average Bonchev–Trinajstić information content (AvgIpc) is 3.29. The van der Waals surface area contributed by atoms with Crippen LogP contribution in [0.15, 0.2) is 35.7 Å². The van der Waals surface area contributed by atoms with E-state index in [-0.39, 0.29) is 11.9 Å². The third-order valence-corrected chi connectivity index (χ3v) is 6.37. The number of benzene rings is 1. The van der Waals surface area contributed by atoms with Crippen molar-refractivity contribution in [1.29, 1.82) is 0 Å². The highest BCUT2D eigenvalue weighted by Crippen LogP contribution is 2.33. The first-order chi connectivity index (χ1) is 12.3. The van der Waals surface area contributed by atoms with Crippen LogP contribution in [0.5, 0.6) is 0 Å². The van der Waals surface area contributed by atoms with Crippen molar-refractivity contribution in [2.24, 2.45) is 5.92 Å². The van der Waals surface area contributed by atoms with Crippen molar-refractivity contribution < 1.29 is 4.79 Å². The van der Waals surface area contributed by atoms with Gasteiger partial charge in [-0.15, -0.1) is 11.3 Å². The molecule has 0 spiro atoms. The van der Waals surface area contributed by atoms with Gasteiger partial charge in [0.25, 0.3) is 0 Å². The van der Waals surface area contributed by atoms with E-state index in [1.807, 2.05) is 18.2 Å². The fourth-order valence-electron chi connectivity index (χ4n) is 4.09. The Balaban J connectivity index is 1.25. The number of rotatable bonds is 5. The summed E-state index contributed by atoms with van der Waals surface area (Å²) < 4.78 is 0. The van der Waals surface area contributed by atoms with Crippen LogP contribution in [0.1, 0.15) is 37.8 Å². The minimum atomic E-state index is 0.00316. The van der Waals surface area contributed by atoms with Crippen molar-refractivity contribution in [3.8, 4) is 10.6 Å². The third-order valence-electron chi connectivity index (χ3n) is 5.43. The highest BCUT2D eigenvalue weighted by atomic mass is 32.1. The molecule has 3 atom stereocenters. The molecule has 2 aromatic rings. The Hall–Kier alpha value is -1.72. The predicted octanol–water partition coefficient (Wildman–Crippen LogP) is 3.39. The van der Waals surface area contributed by atoms with Crippen LogP contribution >= 0.6 is 11.3 Å². The maximum Gasteiger partial charge on any atom is 0.237 e. The lowest BCUT2D eigenvalue weighted by Gasteiger charge is -2.24. The molecule has 2 fully saturated rings. The molecule has 1 saturated heterocycles. The van der Waals surface area contributed by atoms with Crippen LogP contribution in [-0.2, 0) is 11.2 Å². The molecule has 4 rings (SSSR count). The predicted molar refractivity (Wildman–Crippen MR) is 102 cm³/mol. The molecule has 132 valence electrons. The molecular formula is C20H25N3OS. The number of amides is 1. The molecule has 1 aromatic carbocycles. The number of fused-ring (bicyclic) bond motifs is 1. The molecule has 2 aliphatic rings. The Morgan fingerprint density at radius 1 is 1.24 bits per heavy atom. The van der Waals surface area contributed by atoms with Gasteiger partial charge in [0.1, 0.15) is 5.01 Å². The smallest absolute Gasteiger partial charge is 0.237 e. The van der Waals surface area contributed by atoms with E-state index < -0.39 is 0 Å². The first-order valence-electron chi connectivity index (χ1n) is 9.33. The normalized spacial score (nSPS) is 25.5. The monoisotopic (exact) mass is 355 g/mol. The van der Waals surface area contributed by atoms with Crippen LogP contribution in [0, 0.1) is 5.92 Å². The zero-order valence-electron chi connectivity index (χ0n) is 14.4. The molecular weight excluding hydrogens is 330 g/mol. The molecule has 0 radical (unpaired) electrons. The number of hydrogen-bond donors (Lipinski definition) is 2. The van der Waals surface area contributed by atoms with Crippen LogP contribution in [0.3, 0.4) is 0 Å².